The molecule has 0 saturated heterocycles. The monoisotopic (exact) mass is 395 g/mol. The lowest BCUT2D eigenvalue weighted by atomic mass is 10.2. The van der Waals surface area contributed by atoms with Gasteiger partial charge in [0.1, 0.15) is 28.2 Å². The van der Waals surface area contributed by atoms with Gasteiger partial charge in [0.15, 0.2) is 5.82 Å². The van der Waals surface area contributed by atoms with Crippen LogP contribution in [0.5, 0.6) is 0 Å². The van der Waals surface area contributed by atoms with Gasteiger partial charge in [-0.15, -0.1) is 0 Å². The topological polar surface area (TPSA) is 89.8 Å². The molecule has 1 atom stereocenters. The molecule has 8 nitrogen and oxygen atoms in total. The average molecular weight is 396 g/mol. The van der Waals surface area contributed by atoms with Crippen molar-refractivity contribution < 1.29 is 13.5 Å². The number of nitrogens with one attached hydrogen (secondary N) is 2. The summed E-state index contributed by atoms with van der Waals surface area (Å²) in [6.45, 7) is 0.0601. The number of methoxy groups -OCH3 is 1. The van der Waals surface area contributed by atoms with E-state index in [-0.39, 0.29) is 23.3 Å². The van der Waals surface area contributed by atoms with Gasteiger partial charge in [-0.3, -0.25) is 4.98 Å². The van der Waals surface area contributed by atoms with Gasteiger partial charge in [0.2, 0.25) is 5.95 Å². The van der Waals surface area contributed by atoms with Gasteiger partial charge in [0, 0.05) is 26.4 Å². The van der Waals surface area contributed by atoms with Crippen molar-refractivity contribution in [1.82, 2.24) is 24.5 Å². The molecule has 3 heterocycles. The van der Waals surface area contributed by atoms with Crippen LogP contribution in [0.3, 0.4) is 0 Å². The van der Waals surface area contributed by atoms with E-state index < -0.39 is 17.7 Å². The third kappa shape index (κ3) is 4.66. The number of imidazole rings is 1. The maximum atomic E-state index is 14.1. The molecule has 0 aliphatic heterocycles. The summed E-state index contributed by atoms with van der Waals surface area (Å²) in [5.74, 6) is -0.548. The number of hydrogen-bond acceptors (Lipinski definition) is 7. The van der Waals surface area contributed by atoms with Crippen LogP contribution in [0.1, 0.15) is 11.7 Å². The minimum atomic E-state index is -0.801. The molecule has 3 rings (SSSR count). The summed E-state index contributed by atoms with van der Waals surface area (Å²) in [5, 5.41) is 6.17. The first-order chi connectivity index (χ1) is 13.0. The zero-order valence-corrected chi connectivity index (χ0v) is 15.2. The molecule has 142 valence electrons. The molecular weight excluding hydrogens is 380 g/mol. The number of ether oxygens (including phenoxy) is 1. The van der Waals surface area contributed by atoms with Crippen molar-refractivity contribution in [1.29, 1.82) is 0 Å². The zero-order valence-electron chi connectivity index (χ0n) is 14.4. The quantitative estimate of drug-likeness (QED) is 0.635. The first-order valence-corrected chi connectivity index (χ1v) is 8.18. The molecule has 0 unspecified atom stereocenters. The Morgan fingerprint density at radius 2 is 2.07 bits per heavy atom. The lowest BCUT2D eigenvalue weighted by Crippen LogP contribution is -2.20. The van der Waals surface area contributed by atoms with E-state index in [1.165, 1.54) is 13.3 Å². The van der Waals surface area contributed by atoms with Crippen LogP contribution in [-0.2, 0) is 11.8 Å². The van der Waals surface area contributed by atoms with Crippen molar-refractivity contribution in [3.05, 3.63) is 53.3 Å². The Balaban J connectivity index is 1.84. The van der Waals surface area contributed by atoms with Crippen molar-refractivity contribution in [3.8, 4) is 0 Å². The Kier molecular flexibility index (Phi) is 5.77. The lowest BCUT2D eigenvalue weighted by Gasteiger charge is -2.18. The molecule has 0 aliphatic rings. The van der Waals surface area contributed by atoms with Crippen LogP contribution >= 0.6 is 11.6 Å². The Morgan fingerprint density at radius 1 is 1.26 bits per heavy atom. The molecule has 11 heteroatoms. The highest BCUT2D eigenvalue weighted by Crippen LogP contribution is 2.25. The third-order valence-corrected chi connectivity index (χ3v) is 3.78. The largest absolute Gasteiger partial charge is 0.382 e. The van der Waals surface area contributed by atoms with Crippen molar-refractivity contribution in [2.75, 3.05) is 24.4 Å². The van der Waals surface area contributed by atoms with Crippen molar-refractivity contribution in [2.45, 2.75) is 6.04 Å². The Hall–Kier alpha value is -2.85. The number of anilines is 3. The predicted octanol–water partition coefficient (Wildman–Crippen LogP) is 3.08. The molecule has 0 saturated carbocycles. The number of aromatic nitrogens is 5. The molecular formula is C16H16ClF2N7O. The van der Waals surface area contributed by atoms with Crippen LogP contribution in [-0.4, -0.2) is 38.2 Å². The molecule has 0 bridgehead atoms. The number of halogens is 3. The van der Waals surface area contributed by atoms with Gasteiger partial charge >= 0.3 is 0 Å². The van der Waals surface area contributed by atoms with E-state index in [1.54, 1.807) is 17.1 Å². The van der Waals surface area contributed by atoms with Crippen LogP contribution in [0, 0.1) is 11.6 Å². The molecule has 0 aliphatic carbocycles. The van der Waals surface area contributed by atoms with Gasteiger partial charge in [-0.25, -0.2) is 18.7 Å². The number of nitrogens with zero attached hydrogens (tertiary/aromatic N) is 5. The van der Waals surface area contributed by atoms with Gasteiger partial charge < -0.3 is 19.9 Å². The highest BCUT2D eigenvalue weighted by molar-refractivity contribution is 6.32. The van der Waals surface area contributed by atoms with Crippen LogP contribution in [0.2, 0.25) is 5.02 Å². The molecule has 3 aromatic heterocycles. The van der Waals surface area contributed by atoms with Gasteiger partial charge in [-0.05, 0) is 0 Å². The summed E-state index contributed by atoms with van der Waals surface area (Å²) in [6, 6.07) is 0.0168. The summed E-state index contributed by atoms with van der Waals surface area (Å²) >= 11 is 6.12. The Morgan fingerprint density at radius 3 is 2.74 bits per heavy atom. The van der Waals surface area contributed by atoms with E-state index in [9.17, 15) is 8.78 Å². The Bertz CT molecular complexity index is 937. The average Bonchev–Trinajstić information content (AvgIpc) is 3.02. The van der Waals surface area contributed by atoms with Gasteiger partial charge in [-0.1, -0.05) is 11.6 Å². The predicted molar refractivity (Wildman–Crippen MR) is 95.9 cm³/mol. The second-order valence-corrected chi connectivity index (χ2v) is 6.02. The minimum Gasteiger partial charge on any atom is -0.382 e. The zero-order chi connectivity index (χ0) is 19.4. The van der Waals surface area contributed by atoms with Crippen LogP contribution < -0.4 is 10.6 Å². The molecule has 0 fully saturated rings. The molecule has 0 radical (unpaired) electrons. The van der Waals surface area contributed by atoms with Gasteiger partial charge in [-0.2, -0.15) is 4.98 Å². The minimum absolute atomic E-state index is 0.0176. The highest BCUT2D eigenvalue weighted by Gasteiger charge is 2.20. The van der Waals surface area contributed by atoms with E-state index in [1.807, 2.05) is 7.05 Å². The normalized spacial score (nSPS) is 12.0. The van der Waals surface area contributed by atoms with E-state index in [4.69, 9.17) is 16.3 Å². The molecule has 0 amide bonds. The summed E-state index contributed by atoms with van der Waals surface area (Å²) < 4.78 is 34.1. The molecule has 0 aromatic carbocycles. The van der Waals surface area contributed by atoms with Gasteiger partial charge in [0.05, 0.1) is 31.4 Å². The fourth-order valence-corrected chi connectivity index (χ4v) is 2.45. The van der Waals surface area contributed by atoms with Crippen LogP contribution in [0.4, 0.5) is 26.4 Å². The van der Waals surface area contributed by atoms with E-state index in [0.717, 1.165) is 12.3 Å². The SMILES string of the molecule is COC[C@H](Nc1ncc(Cl)c(Nc2cn(C)cn2)n1)c1ncc(F)cc1F. The smallest absolute Gasteiger partial charge is 0.225 e. The Labute approximate surface area is 158 Å². The van der Waals surface area contributed by atoms with Crippen LogP contribution in [0.15, 0.2) is 31.0 Å². The van der Waals surface area contributed by atoms with E-state index in [2.05, 4.69) is 30.6 Å². The summed E-state index contributed by atoms with van der Waals surface area (Å²) in [7, 11) is 3.28. The molecule has 27 heavy (non-hydrogen) atoms. The fraction of sp³-hybridized carbons (Fsp3) is 0.250. The number of hydrogen-bond donors (Lipinski definition) is 2. The van der Waals surface area contributed by atoms with E-state index >= 15 is 0 Å². The molecule has 0 spiro atoms. The number of pyridine rings is 1. The summed E-state index contributed by atoms with van der Waals surface area (Å²) in [5.41, 5.74) is -0.0176. The summed E-state index contributed by atoms with van der Waals surface area (Å²) in [6.07, 6.45) is 5.69. The first-order valence-electron chi connectivity index (χ1n) is 7.80. The highest BCUT2D eigenvalue weighted by atomic mass is 35.5. The van der Waals surface area contributed by atoms with Crippen LogP contribution in [0.25, 0.3) is 0 Å². The maximum absolute atomic E-state index is 14.1. The third-order valence-electron chi connectivity index (χ3n) is 3.50. The number of rotatable bonds is 7. The van der Waals surface area contributed by atoms with Crippen molar-refractivity contribution in [2.24, 2.45) is 7.05 Å². The second kappa shape index (κ2) is 8.23. The van der Waals surface area contributed by atoms with Crippen molar-refractivity contribution >= 4 is 29.2 Å². The number of aryl methyl sites for hydroxylation is 1. The maximum Gasteiger partial charge on any atom is 0.225 e. The molecule has 2 N–H and O–H groups in total. The fourth-order valence-electron chi connectivity index (χ4n) is 2.32. The standard InChI is InChI=1S/C16H16ClF2N7O/c1-26-6-13(22-8-26)24-15-10(17)5-21-16(25-15)23-12(7-27-2)14-11(19)3-9(18)4-20-14/h3-6,8,12H,7H2,1-2H3,(H2,21,23,24,25)/t12-/m0/s1. The van der Waals surface area contributed by atoms with Gasteiger partial charge in [0.25, 0.3) is 0 Å². The molecule has 3 aromatic rings. The first kappa shape index (κ1) is 18.9. The van der Waals surface area contributed by atoms with E-state index in [0.29, 0.717) is 11.6 Å². The van der Waals surface area contributed by atoms with Crippen molar-refractivity contribution in [3.63, 3.8) is 0 Å². The second-order valence-electron chi connectivity index (χ2n) is 5.61. The lowest BCUT2D eigenvalue weighted by molar-refractivity contribution is 0.183. The summed E-state index contributed by atoms with van der Waals surface area (Å²) in [4.78, 5) is 16.3.